The van der Waals surface area contributed by atoms with Gasteiger partial charge in [0.2, 0.25) is 0 Å². The topological polar surface area (TPSA) is 47.5 Å². The number of fused-ring (bicyclic) bond motifs is 1. The van der Waals surface area contributed by atoms with Crippen molar-refractivity contribution in [3.05, 3.63) is 15.3 Å². The molecule has 2 aromatic rings. The minimum atomic E-state index is -2.71. The van der Waals surface area contributed by atoms with Crippen LogP contribution in [0.15, 0.2) is 4.47 Å². The zero-order valence-corrected chi connectivity index (χ0v) is 22.9. The normalized spacial score (nSPS) is 28.5. The Hall–Kier alpha value is -1.99. The lowest BCUT2D eigenvalue weighted by molar-refractivity contribution is 0.0531. The summed E-state index contributed by atoms with van der Waals surface area (Å²) in [5.74, 6) is 6.00. The average Bonchev–Trinajstić information content (AvgIpc) is 3.67. The summed E-state index contributed by atoms with van der Waals surface area (Å²) in [6.07, 6.45) is 3.08. The highest BCUT2D eigenvalue weighted by atomic mass is 79.9. The second-order valence-electron chi connectivity index (χ2n) is 10.9. The van der Waals surface area contributed by atoms with Crippen molar-refractivity contribution in [2.24, 2.45) is 17.3 Å². The number of nitrogens with zero attached hydrogens (tertiary/aromatic N) is 3. The van der Waals surface area contributed by atoms with Gasteiger partial charge in [0.15, 0.2) is 11.6 Å². The number of rotatable bonds is 5. The van der Waals surface area contributed by atoms with Crippen LogP contribution in [0.4, 0.5) is 23.4 Å². The Morgan fingerprint density at radius 1 is 1.21 bits per heavy atom. The van der Waals surface area contributed by atoms with E-state index >= 15 is 4.39 Å². The van der Waals surface area contributed by atoms with Crippen LogP contribution in [0.1, 0.15) is 51.4 Å². The van der Waals surface area contributed by atoms with E-state index in [0.29, 0.717) is 12.8 Å². The van der Waals surface area contributed by atoms with Gasteiger partial charge in [-0.2, -0.15) is 9.97 Å². The molecule has 1 aliphatic heterocycles. The van der Waals surface area contributed by atoms with Crippen molar-refractivity contribution in [1.82, 2.24) is 9.97 Å². The summed E-state index contributed by atoms with van der Waals surface area (Å²) in [6, 6.07) is -0.910. The van der Waals surface area contributed by atoms with Crippen LogP contribution in [0.5, 0.6) is 11.8 Å². The maximum Gasteiger partial charge on any atom is 0.319 e. The Balaban J connectivity index is 1.44. The Kier molecular flexibility index (Phi) is 7.04. The molecule has 2 heterocycles. The Morgan fingerprint density at radius 2 is 2.03 bits per heavy atom. The molecule has 11 heteroatoms. The first-order chi connectivity index (χ1) is 18.3. The maximum absolute atomic E-state index is 15.5. The van der Waals surface area contributed by atoms with Gasteiger partial charge in [-0.15, -0.1) is 0 Å². The molecule has 3 aliphatic carbocycles. The van der Waals surface area contributed by atoms with E-state index in [1.54, 1.807) is 0 Å². The van der Waals surface area contributed by atoms with Crippen LogP contribution >= 0.6 is 27.5 Å². The van der Waals surface area contributed by atoms with E-state index in [1.807, 2.05) is 0 Å². The Labute approximate surface area is 231 Å². The number of benzene rings is 1. The molecule has 1 aromatic carbocycles. The highest BCUT2D eigenvalue weighted by molar-refractivity contribution is 9.10. The van der Waals surface area contributed by atoms with Crippen LogP contribution in [0.25, 0.3) is 10.9 Å². The molecule has 4 atom stereocenters. The molecular weight excluding hydrogens is 590 g/mol. The smallest absolute Gasteiger partial charge is 0.319 e. The van der Waals surface area contributed by atoms with Crippen molar-refractivity contribution in [3.8, 4) is 23.6 Å². The number of anilines is 1. The van der Waals surface area contributed by atoms with Crippen molar-refractivity contribution in [3.63, 3.8) is 0 Å². The molecule has 4 aliphatic rings. The second-order valence-corrected chi connectivity index (χ2v) is 12.1. The third kappa shape index (κ3) is 4.78. The van der Waals surface area contributed by atoms with Crippen LogP contribution in [0, 0.1) is 34.9 Å². The number of alkyl halides is 3. The fourth-order valence-electron chi connectivity index (χ4n) is 6.24. The second kappa shape index (κ2) is 10.2. The number of halogens is 6. The van der Waals surface area contributed by atoms with E-state index in [1.165, 1.54) is 4.90 Å². The van der Waals surface area contributed by atoms with Gasteiger partial charge in [-0.05, 0) is 60.4 Å². The summed E-state index contributed by atoms with van der Waals surface area (Å²) < 4.78 is 69.6. The zero-order valence-electron chi connectivity index (χ0n) is 20.6. The standard InChI is InChI=1S/C27H27BrClF4N3O2/c28-20-21(29)24-19-23(22(20)33)34-26(38-13-27-8-2-1-3-15(27)9-16(30)10-27)35-25(19)36(11-18(31)32)17(12-37-24)7-6-14-4-5-14/h14-18H,1-5,8-13H2/t15?,16-,17?,27-/m0/s1. The van der Waals surface area contributed by atoms with Crippen LogP contribution in [0.2, 0.25) is 5.02 Å². The van der Waals surface area contributed by atoms with Crippen LogP contribution in [-0.4, -0.2) is 48.4 Å². The number of hydrogen-bond donors (Lipinski definition) is 0. The maximum atomic E-state index is 15.5. The first-order valence-electron chi connectivity index (χ1n) is 13.1. The highest BCUT2D eigenvalue weighted by Crippen LogP contribution is 2.53. The van der Waals surface area contributed by atoms with Gasteiger partial charge in [-0.25, -0.2) is 17.6 Å². The summed E-state index contributed by atoms with van der Waals surface area (Å²) >= 11 is 9.61. The summed E-state index contributed by atoms with van der Waals surface area (Å²) in [4.78, 5) is 10.2. The van der Waals surface area contributed by atoms with Crippen LogP contribution in [-0.2, 0) is 0 Å². The molecule has 3 fully saturated rings. The van der Waals surface area contributed by atoms with Gasteiger partial charge in [-0.3, -0.25) is 0 Å². The molecule has 38 heavy (non-hydrogen) atoms. The van der Waals surface area contributed by atoms with Crippen LogP contribution < -0.4 is 14.4 Å². The van der Waals surface area contributed by atoms with E-state index in [2.05, 4.69) is 37.7 Å². The zero-order chi connectivity index (χ0) is 26.6. The van der Waals surface area contributed by atoms with Gasteiger partial charge < -0.3 is 14.4 Å². The lowest BCUT2D eigenvalue weighted by atomic mass is 9.69. The third-order valence-electron chi connectivity index (χ3n) is 8.29. The molecule has 0 spiro atoms. The molecule has 0 radical (unpaired) electrons. The Morgan fingerprint density at radius 3 is 2.79 bits per heavy atom. The van der Waals surface area contributed by atoms with E-state index in [0.717, 1.165) is 38.5 Å². The van der Waals surface area contributed by atoms with E-state index in [-0.39, 0.29) is 68.4 Å². The first-order valence-corrected chi connectivity index (χ1v) is 14.3. The molecule has 0 saturated heterocycles. The predicted molar refractivity (Wildman–Crippen MR) is 139 cm³/mol. The number of ether oxygens (including phenoxy) is 2. The number of aromatic nitrogens is 2. The van der Waals surface area contributed by atoms with Crippen molar-refractivity contribution in [2.75, 3.05) is 24.7 Å². The minimum absolute atomic E-state index is 0.0358. The molecule has 2 unspecified atom stereocenters. The Bertz CT molecular complexity index is 1320. The van der Waals surface area contributed by atoms with E-state index in [9.17, 15) is 13.2 Å². The van der Waals surface area contributed by atoms with Gasteiger partial charge in [0.25, 0.3) is 6.43 Å². The van der Waals surface area contributed by atoms with Crippen molar-refractivity contribution in [2.45, 2.75) is 70.0 Å². The largest absolute Gasteiger partial charge is 0.488 e. The van der Waals surface area contributed by atoms with Crippen molar-refractivity contribution >= 4 is 44.3 Å². The van der Waals surface area contributed by atoms with Gasteiger partial charge in [0.05, 0.1) is 23.0 Å². The lowest BCUT2D eigenvalue weighted by Gasteiger charge is -2.38. The lowest BCUT2D eigenvalue weighted by Crippen LogP contribution is -2.41. The fraction of sp³-hybridized carbons (Fsp3) is 0.630. The SMILES string of the molecule is Fc1c(Br)c(Cl)c2c3c(nc(OC[C@@]45CCCCC4C[C@H](F)C5)nc13)N(CC(F)F)C(C#CC1CC1)CO2. The van der Waals surface area contributed by atoms with Crippen molar-refractivity contribution in [1.29, 1.82) is 0 Å². The van der Waals surface area contributed by atoms with Gasteiger partial charge in [0.1, 0.15) is 35.2 Å². The molecule has 3 saturated carbocycles. The molecule has 0 amide bonds. The summed E-state index contributed by atoms with van der Waals surface area (Å²) in [6.45, 7) is -0.569. The average molecular weight is 617 g/mol. The van der Waals surface area contributed by atoms with E-state index < -0.39 is 31.0 Å². The monoisotopic (exact) mass is 615 g/mol. The van der Waals surface area contributed by atoms with Gasteiger partial charge >= 0.3 is 6.01 Å². The summed E-state index contributed by atoms with van der Waals surface area (Å²) in [7, 11) is 0. The number of hydrogen-bond acceptors (Lipinski definition) is 5. The van der Waals surface area contributed by atoms with Crippen LogP contribution in [0.3, 0.4) is 0 Å². The minimum Gasteiger partial charge on any atom is -0.488 e. The molecule has 6 rings (SSSR count). The third-order valence-corrected chi connectivity index (χ3v) is 9.62. The molecule has 204 valence electrons. The van der Waals surface area contributed by atoms with Gasteiger partial charge in [0, 0.05) is 11.3 Å². The quantitative estimate of drug-likeness (QED) is 0.203. The molecule has 0 N–H and O–H groups in total. The first kappa shape index (κ1) is 26.2. The summed E-state index contributed by atoms with van der Waals surface area (Å²) in [5, 5.41) is 0.0583. The molecule has 1 aromatic heterocycles. The fourth-order valence-corrected chi connectivity index (χ4v) is 6.84. The molecule has 0 bridgehead atoms. The van der Waals surface area contributed by atoms with Gasteiger partial charge in [-0.1, -0.05) is 36.3 Å². The van der Waals surface area contributed by atoms with E-state index in [4.69, 9.17) is 21.1 Å². The van der Waals surface area contributed by atoms with Crippen molar-refractivity contribution < 1.29 is 27.0 Å². The predicted octanol–water partition coefficient (Wildman–Crippen LogP) is 7.12. The summed E-state index contributed by atoms with van der Waals surface area (Å²) in [5.41, 5.74) is -0.489. The molecule has 5 nitrogen and oxygen atoms in total. The highest BCUT2D eigenvalue weighted by Gasteiger charge is 2.49. The molecular formula is C27H27BrClF4N3O2.